The molecule has 6 heteroatoms. The zero-order valence-electron chi connectivity index (χ0n) is 15.6. The minimum atomic E-state index is -0.319. The van der Waals surface area contributed by atoms with Gasteiger partial charge in [-0.2, -0.15) is 0 Å². The van der Waals surface area contributed by atoms with Gasteiger partial charge in [-0.15, -0.1) is 11.3 Å². The Morgan fingerprint density at radius 1 is 1.18 bits per heavy atom. The van der Waals surface area contributed by atoms with Crippen LogP contribution in [0.25, 0.3) is 21.3 Å². The molecule has 0 bridgehead atoms. The van der Waals surface area contributed by atoms with Crippen LogP contribution in [0, 0.1) is 5.82 Å². The topological polar surface area (TPSA) is 44.1 Å². The second kappa shape index (κ2) is 7.56. The van der Waals surface area contributed by atoms with Gasteiger partial charge < -0.3 is 4.74 Å². The lowest BCUT2D eigenvalue weighted by atomic mass is 10.0. The second-order valence-corrected chi connectivity index (χ2v) is 7.56. The molecule has 4 nitrogen and oxygen atoms in total. The minimum Gasteiger partial charge on any atom is -0.497 e. The highest BCUT2D eigenvalue weighted by atomic mass is 32.1. The maximum Gasteiger partial charge on any atom is 0.263 e. The molecular weight excluding hydrogens is 375 g/mol. The molecule has 0 amide bonds. The molecule has 0 fully saturated rings. The molecule has 4 rings (SSSR count). The van der Waals surface area contributed by atoms with Crippen LogP contribution >= 0.6 is 11.3 Å². The van der Waals surface area contributed by atoms with E-state index in [1.165, 1.54) is 28.0 Å². The van der Waals surface area contributed by atoms with Crippen LogP contribution in [0.3, 0.4) is 0 Å². The number of thiophene rings is 1. The molecule has 4 aromatic rings. The number of aromatic nitrogens is 2. The van der Waals surface area contributed by atoms with Gasteiger partial charge in [-0.05, 0) is 41.8 Å². The van der Waals surface area contributed by atoms with Gasteiger partial charge in [0, 0.05) is 10.4 Å². The van der Waals surface area contributed by atoms with Crippen molar-refractivity contribution in [2.75, 3.05) is 7.11 Å². The van der Waals surface area contributed by atoms with Crippen molar-refractivity contribution in [3.63, 3.8) is 0 Å². The number of ether oxygens (including phenoxy) is 1. The number of rotatable bonds is 5. The Balaban J connectivity index is 1.90. The van der Waals surface area contributed by atoms with E-state index in [4.69, 9.17) is 4.74 Å². The largest absolute Gasteiger partial charge is 0.497 e. The smallest absolute Gasteiger partial charge is 0.263 e. The molecule has 0 atom stereocenters. The van der Waals surface area contributed by atoms with E-state index >= 15 is 0 Å². The minimum absolute atomic E-state index is 0.122. The third-order valence-corrected chi connectivity index (χ3v) is 5.92. The Morgan fingerprint density at radius 2 is 2.00 bits per heavy atom. The van der Waals surface area contributed by atoms with Crippen LogP contribution in [0.15, 0.2) is 59.7 Å². The molecule has 28 heavy (non-hydrogen) atoms. The molecule has 142 valence electrons. The van der Waals surface area contributed by atoms with Crippen molar-refractivity contribution < 1.29 is 9.13 Å². The van der Waals surface area contributed by atoms with E-state index in [1.54, 1.807) is 25.6 Å². The summed E-state index contributed by atoms with van der Waals surface area (Å²) in [4.78, 5) is 19.6. The quantitative estimate of drug-likeness (QED) is 0.484. The maximum atomic E-state index is 13.5. The lowest BCUT2D eigenvalue weighted by Gasteiger charge is -2.08. The number of halogens is 1. The Kier molecular flexibility index (Phi) is 4.96. The fourth-order valence-corrected chi connectivity index (χ4v) is 4.44. The summed E-state index contributed by atoms with van der Waals surface area (Å²) in [7, 11) is 1.62. The average Bonchev–Trinajstić information content (AvgIpc) is 3.10. The summed E-state index contributed by atoms with van der Waals surface area (Å²) >= 11 is 1.54. The second-order valence-electron chi connectivity index (χ2n) is 6.47. The highest BCUT2D eigenvalue weighted by molar-refractivity contribution is 7.19. The predicted molar refractivity (Wildman–Crippen MR) is 111 cm³/mol. The van der Waals surface area contributed by atoms with Gasteiger partial charge >= 0.3 is 0 Å². The lowest BCUT2D eigenvalue weighted by molar-refractivity contribution is 0.415. The van der Waals surface area contributed by atoms with Gasteiger partial charge in [0.05, 0.1) is 25.4 Å². The molecule has 0 aliphatic rings. The van der Waals surface area contributed by atoms with E-state index in [0.29, 0.717) is 5.39 Å². The summed E-state index contributed by atoms with van der Waals surface area (Å²) < 4.78 is 20.4. The molecule has 0 aliphatic heterocycles. The molecular formula is C22H19FN2O2S. The fraction of sp³-hybridized carbons (Fsp3) is 0.182. The number of nitrogens with zero attached hydrogens (tertiary/aromatic N) is 2. The number of aryl methyl sites for hydroxylation is 1. The Hall–Kier alpha value is -2.99. The van der Waals surface area contributed by atoms with Gasteiger partial charge in [0.1, 0.15) is 16.4 Å². The van der Waals surface area contributed by atoms with E-state index in [2.05, 4.69) is 11.9 Å². The normalized spacial score (nSPS) is 11.1. The van der Waals surface area contributed by atoms with Gasteiger partial charge in [0.15, 0.2) is 0 Å². The molecule has 2 aromatic heterocycles. The summed E-state index contributed by atoms with van der Waals surface area (Å²) in [6.07, 6.45) is 2.35. The SMILES string of the molecule is CCc1sc2ncn(Cc3cccc(F)c3)c(=O)c2c1-c1cccc(OC)c1. The van der Waals surface area contributed by atoms with Crippen molar-refractivity contribution >= 4 is 21.6 Å². The Labute approximate surface area is 165 Å². The first-order chi connectivity index (χ1) is 13.6. The molecule has 0 spiro atoms. The molecule has 0 radical (unpaired) electrons. The summed E-state index contributed by atoms with van der Waals surface area (Å²) in [6.45, 7) is 2.34. The van der Waals surface area contributed by atoms with Crippen molar-refractivity contribution in [2.45, 2.75) is 19.9 Å². The van der Waals surface area contributed by atoms with E-state index in [9.17, 15) is 9.18 Å². The molecule has 2 aromatic carbocycles. The van der Waals surface area contributed by atoms with Crippen LogP contribution in [0.2, 0.25) is 0 Å². The van der Waals surface area contributed by atoms with E-state index in [0.717, 1.165) is 38.6 Å². The van der Waals surface area contributed by atoms with Crippen molar-refractivity contribution in [2.24, 2.45) is 0 Å². The van der Waals surface area contributed by atoms with Crippen LogP contribution in [-0.4, -0.2) is 16.7 Å². The molecule has 2 heterocycles. The van der Waals surface area contributed by atoms with Crippen LogP contribution in [-0.2, 0) is 13.0 Å². The third kappa shape index (κ3) is 3.31. The summed E-state index contributed by atoms with van der Waals surface area (Å²) in [5.41, 5.74) is 2.44. The predicted octanol–water partition coefficient (Wildman–Crippen LogP) is 4.88. The fourth-order valence-electron chi connectivity index (χ4n) is 3.35. The third-order valence-electron chi connectivity index (χ3n) is 4.67. The Bertz CT molecular complexity index is 1210. The number of benzene rings is 2. The molecule has 0 saturated heterocycles. The Morgan fingerprint density at radius 3 is 2.75 bits per heavy atom. The van der Waals surface area contributed by atoms with Crippen LogP contribution < -0.4 is 10.3 Å². The zero-order chi connectivity index (χ0) is 19.7. The monoisotopic (exact) mass is 394 g/mol. The summed E-state index contributed by atoms with van der Waals surface area (Å²) in [5.74, 6) is 0.420. The van der Waals surface area contributed by atoms with E-state index in [1.807, 2.05) is 24.3 Å². The summed E-state index contributed by atoms with van der Waals surface area (Å²) in [5, 5.41) is 0.606. The van der Waals surface area contributed by atoms with Gasteiger partial charge in [0.2, 0.25) is 0 Å². The highest BCUT2D eigenvalue weighted by Gasteiger charge is 2.18. The van der Waals surface area contributed by atoms with E-state index < -0.39 is 0 Å². The number of methoxy groups -OCH3 is 1. The molecule has 0 aliphatic carbocycles. The van der Waals surface area contributed by atoms with Crippen LogP contribution in [0.1, 0.15) is 17.4 Å². The molecule has 0 unspecified atom stereocenters. The first kappa shape index (κ1) is 18.4. The average molecular weight is 394 g/mol. The van der Waals surface area contributed by atoms with Crippen molar-refractivity contribution in [1.29, 1.82) is 0 Å². The van der Waals surface area contributed by atoms with Gasteiger partial charge in [-0.3, -0.25) is 9.36 Å². The highest BCUT2D eigenvalue weighted by Crippen LogP contribution is 2.37. The molecule has 0 N–H and O–H groups in total. The first-order valence-electron chi connectivity index (χ1n) is 9.00. The van der Waals surface area contributed by atoms with Gasteiger partial charge in [-0.1, -0.05) is 31.2 Å². The van der Waals surface area contributed by atoms with Gasteiger partial charge in [0.25, 0.3) is 5.56 Å². The lowest BCUT2D eigenvalue weighted by Crippen LogP contribution is -2.21. The number of hydrogen-bond acceptors (Lipinski definition) is 4. The van der Waals surface area contributed by atoms with Crippen molar-refractivity contribution in [3.8, 4) is 16.9 Å². The number of fused-ring (bicyclic) bond motifs is 1. The number of hydrogen-bond donors (Lipinski definition) is 0. The summed E-state index contributed by atoms with van der Waals surface area (Å²) in [6, 6.07) is 14.0. The molecule has 0 saturated carbocycles. The van der Waals surface area contributed by atoms with Crippen LogP contribution in [0.4, 0.5) is 4.39 Å². The standard InChI is InChI=1S/C22H19FN2O2S/c1-3-18-19(15-7-5-9-17(11-15)27-2)20-21(28-18)24-13-25(22(20)26)12-14-6-4-8-16(23)10-14/h4-11,13H,3,12H2,1-2H3. The zero-order valence-corrected chi connectivity index (χ0v) is 16.4. The van der Waals surface area contributed by atoms with Gasteiger partial charge in [-0.25, -0.2) is 9.37 Å². The van der Waals surface area contributed by atoms with E-state index in [-0.39, 0.29) is 17.9 Å². The van der Waals surface area contributed by atoms with Crippen LogP contribution in [0.5, 0.6) is 5.75 Å². The maximum absolute atomic E-state index is 13.5. The van der Waals surface area contributed by atoms with Crippen molar-refractivity contribution in [1.82, 2.24) is 9.55 Å². The first-order valence-corrected chi connectivity index (χ1v) is 9.82. The van der Waals surface area contributed by atoms with Crippen molar-refractivity contribution in [3.05, 3.63) is 81.5 Å².